The van der Waals surface area contributed by atoms with Crippen LogP contribution in [0.25, 0.3) is 0 Å². The molecular formula is C37H44F2N2O4. The first-order chi connectivity index (χ1) is 21.2. The summed E-state index contributed by atoms with van der Waals surface area (Å²) in [6, 6.07) is 11.5. The quantitative estimate of drug-likeness (QED) is 0.381. The number of rotatable bonds is 4. The van der Waals surface area contributed by atoms with Crippen molar-refractivity contribution in [2.45, 2.75) is 84.8 Å². The number of hydrogen-bond donors (Lipinski definition) is 1. The zero-order valence-electron chi connectivity index (χ0n) is 26.9. The maximum Gasteiger partial charge on any atom is 0.414 e. The normalized spacial score (nSPS) is 31.1. The molecule has 6 rings (SSSR count). The number of hydrogen-bond acceptors (Lipinski definition) is 4. The van der Waals surface area contributed by atoms with Gasteiger partial charge in [-0.2, -0.15) is 0 Å². The number of piperidine rings is 1. The van der Waals surface area contributed by atoms with Crippen molar-refractivity contribution >= 4 is 17.8 Å². The predicted octanol–water partition coefficient (Wildman–Crippen LogP) is 7.73. The van der Waals surface area contributed by atoms with Gasteiger partial charge >= 0.3 is 6.09 Å². The summed E-state index contributed by atoms with van der Waals surface area (Å²) in [4.78, 5) is 42.2. The molecule has 3 aliphatic carbocycles. The molecule has 0 aromatic heterocycles. The molecule has 45 heavy (non-hydrogen) atoms. The van der Waals surface area contributed by atoms with Gasteiger partial charge in [-0.1, -0.05) is 38.1 Å². The Morgan fingerprint density at radius 1 is 0.911 bits per heavy atom. The number of likely N-dealkylation sites (tertiary alicyclic amines) is 1. The van der Waals surface area contributed by atoms with E-state index in [0.29, 0.717) is 25.3 Å². The zero-order chi connectivity index (χ0) is 32.3. The predicted molar refractivity (Wildman–Crippen MR) is 167 cm³/mol. The van der Waals surface area contributed by atoms with Crippen LogP contribution >= 0.6 is 0 Å². The number of carbonyl (C=O) groups is 3. The molecule has 0 unspecified atom stereocenters. The average Bonchev–Trinajstić information content (AvgIpc) is 3.33. The molecule has 1 N–H and O–H groups in total. The van der Waals surface area contributed by atoms with Gasteiger partial charge < -0.3 is 10.1 Å². The Balaban J connectivity index is 1.29. The molecule has 6 nitrogen and oxygen atoms in total. The van der Waals surface area contributed by atoms with Gasteiger partial charge in [0.1, 0.15) is 17.2 Å². The summed E-state index contributed by atoms with van der Waals surface area (Å²) in [6.07, 6.45) is 5.78. The average molecular weight is 619 g/mol. The number of fused-ring (bicyclic) bond motifs is 5. The van der Waals surface area contributed by atoms with Crippen LogP contribution in [0.5, 0.6) is 0 Å². The van der Waals surface area contributed by atoms with Gasteiger partial charge in [-0.15, -0.1) is 0 Å². The maximum atomic E-state index is 14.2. The first-order valence-corrected chi connectivity index (χ1v) is 16.3. The van der Waals surface area contributed by atoms with E-state index in [0.717, 1.165) is 42.5 Å². The van der Waals surface area contributed by atoms with E-state index in [2.05, 4.69) is 19.2 Å². The monoisotopic (exact) mass is 618 g/mol. The Morgan fingerprint density at radius 3 is 2.09 bits per heavy atom. The van der Waals surface area contributed by atoms with Crippen molar-refractivity contribution in [1.82, 2.24) is 10.2 Å². The minimum absolute atomic E-state index is 0.0459. The summed E-state index contributed by atoms with van der Waals surface area (Å²) in [5.74, 6) is -0.337. The van der Waals surface area contributed by atoms with E-state index in [1.165, 1.54) is 24.3 Å². The van der Waals surface area contributed by atoms with Gasteiger partial charge in [0.2, 0.25) is 5.91 Å². The highest BCUT2D eigenvalue weighted by atomic mass is 19.1. The van der Waals surface area contributed by atoms with Gasteiger partial charge in [-0.25, -0.2) is 13.6 Å². The molecule has 2 aromatic carbocycles. The minimum Gasteiger partial charge on any atom is -0.443 e. The number of carbonyl (C=O) groups excluding carboxylic acids is 3. The van der Waals surface area contributed by atoms with Crippen molar-refractivity contribution in [3.05, 3.63) is 83.1 Å². The number of nitrogens with one attached hydrogen (secondary N) is 1. The van der Waals surface area contributed by atoms with Crippen LogP contribution in [-0.4, -0.2) is 34.8 Å². The lowest BCUT2D eigenvalue weighted by Crippen LogP contribution is -2.59. The second-order valence-electron chi connectivity index (χ2n) is 15.1. The van der Waals surface area contributed by atoms with E-state index in [-0.39, 0.29) is 51.9 Å². The van der Waals surface area contributed by atoms with Crippen LogP contribution < -0.4 is 5.32 Å². The highest BCUT2D eigenvalue weighted by molar-refractivity contribution is 5.92. The second kappa shape index (κ2) is 11.4. The van der Waals surface area contributed by atoms with Gasteiger partial charge in [-0.3, -0.25) is 14.5 Å². The summed E-state index contributed by atoms with van der Waals surface area (Å²) >= 11 is 0. The summed E-state index contributed by atoms with van der Waals surface area (Å²) in [7, 11) is 0. The Labute approximate surface area is 264 Å². The standard InChI is InChI=1S/C37H44F2N2O4/c1-35(2,3)45-34(44)41-21-27-28-14-15-30(36(28,4)19-17-29(27)37(5)18-16-26(42)20-31(37)41)33(43)40-32(22-6-10-24(38)11-7-22)23-8-12-25(39)13-9-23/h6-13,20,27-30,32H,14-19,21H2,1-5H3,(H,40,43)/t27-,28-,29-,30+,36-,37+/m0/s1. The molecule has 1 aliphatic heterocycles. The molecule has 3 fully saturated rings. The summed E-state index contributed by atoms with van der Waals surface area (Å²) < 4.78 is 33.5. The Morgan fingerprint density at radius 2 is 1.51 bits per heavy atom. The van der Waals surface area contributed by atoms with Gasteiger partial charge in [0, 0.05) is 36.1 Å². The van der Waals surface area contributed by atoms with Crippen LogP contribution in [-0.2, 0) is 14.3 Å². The molecule has 4 aliphatic rings. The number of amides is 2. The van der Waals surface area contributed by atoms with Crippen molar-refractivity contribution in [2.24, 2.45) is 34.5 Å². The molecule has 2 aromatic rings. The topological polar surface area (TPSA) is 75.7 Å². The highest BCUT2D eigenvalue weighted by Gasteiger charge is 2.62. The lowest BCUT2D eigenvalue weighted by Gasteiger charge is -2.60. The number of nitrogens with zero attached hydrogens (tertiary/aromatic N) is 1. The SMILES string of the molecule is CC(C)(C)OC(=O)N1C[C@H]2[C@@H]3CC[C@H](C(=O)NC(c4ccc(F)cc4)c4ccc(F)cc4)[C@@]3(C)CC[C@@H]2[C@@]2(C)CCC(=O)C=C12. The zero-order valence-corrected chi connectivity index (χ0v) is 26.9. The van der Waals surface area contributed by atoms with Crippen LogP contribution in [0.1, 0.15) is 90.3 Å². The van der Waals surface area contributed by atoms with Crippen molar-refractivity contribution in [2.75, 3.05) is 6.54 Å². The van der Waals surface area contributed by atoms with Crippen molar-refractivity contribution in [3.63, 3.8) is 0 Å². The molecule has 2 saturated carbocycles. The third-order valence-corrected chi connectivity index (χ3v) is 11.3. The first kappa shape index (κ1) is 31.4. The minimum atomic E-state index is -0.674. The highest BCUT2D eigenvalue weighted by Crippen LogP contribution is 2.65. The van der Waals surface area contributed by atoms with Crippen LogP contribution in [0.3, 0.4) is 0 Å². The lowest BCUT2D eigenvalue weighted by molar-refractivity contribution is -0.134. The van der Waals surface area contributed by atoms with Crippen LogP contribution in [0.4, 0.5) is 13.6 Å². The van der Waals surface area contributed by atoms with E-state index in [1.54, 1.807) is 35.2 Å². The van der Waals surface area contributed by atoms with E-state index < -0.39 is 17.7 Å². The van der Waals surface area contributed by atoms with Gasteiger partial charge in [0.25, 0.3) is 0 Å². The largest absolute Gasteiger partial charge is 0.443 e. The molecule has 8 heteroatoms. The van der Waals surface area contributed by atoms with Gasteiger partial charge in [-0.05, 0) is 111 Å². The van der Waals surface area contributed by atoms with Crippen LogP contribution in [0.15, 0.2) is 60.3 Å². The Kier molecular flexibility index (Phi) is 7.93. The summed E-state index contributed by atoms with van der Waals surface area (Å²) in [5, 5.41) is 3.26. The molecule has 2 amide bonds. The molecule has 0 radical (unpaired) electrons. The van der Waals surface area contributed by atoms with Gasteiger partial charge in [0.05, 0.1) is 6.04 Å². The fourth-order valence-electron chi connectivity index (χ4n) is 9.14. The van der Waals surface area contributed by atoms with Crippen molar-refractivity contribution < 1.29 is 27.9 Å². The molecular weight excluding hydrogens is 574 g/mol. The third kappa shape index (κ3) is 5.70. The lowest BCUT2D eigenvalue weighted by atomic mass is 9.49. The third-order valence-electron chi connectivity index (χ3n) is 11.3. The molecule has 1 saturated heterocycles. The summed E-state index contributed by atoms with van der Waals surface area (Å²) in [6.45, 7) is 10.4. The van der Waals surface area contributed by atoms with Crippen LogP contribution in [0.2, 0.25) is 0 Å². The van der Waals surface area contributed by atoms with E-state index in [9.17, 15) is 23.2 Å². The number of halogens is 2. The van der Waals surface area contributed by atoms with E-state index in [1.807, 2.05) is 20.8 Å². The first-order valence-electron chi connectivity index (χ1n) is 16.3. The second-order valence-corrected chi connectivity index (χ2v) is 15.1. The molecule has 0 bridgehead atoms. The van der Waals surface area contributed by atoms with E-state index >= 15 is 0 Å². The molecule has 6 atom stereocenters. The fraction of sp³-hybridized carbons (Fsp3) is 0.541. The Hall–Kier alpha value is -3.55. The number of benzene rings is 2. The molecule has 0 spiro atoms. The van der Waals surface area contributed by atoms with E-state index in [4.69, 9.17) is 4.74 Å². The maximum absolute atomic E-state index is 14.2. The van der Waals surface area contributed by atoms with Crippen molar-refractivity contribution in [3.8, 4) is 0 Å². The Bertz CT molecular complexity index is 1470. The molecule has 240 valence electrons. The number of ketones is 1. The molecule has 1 heterocycles. The van der Waals surface area contributed by atoms with Crippen molar-refractivity contribution in [1.29, 1.82) is 0 Å². The van der Waals surface area contributed by atoms with Gasteiger partial charge in [0.15, 0.2) is 5.78 Å². The number of ether oxygens (including phenoxy) is 1. The number of allylic oxidation sites excluding steroid dienone is 2. The smallest absolute Gasteiger partial charge is 0.414 e. The fourth-order valence-corrected chi connectivity index (χ4v) is 9.14. The van der Waals surface area contributed by atoms with Crippen LogP contribution in [0, 0.1) is 46.1 Å². The summed E-state index contributed by atoms with van der Waals surface area (Å²) in [5.41, 5.74) is 0.937.